The number of ether oxygens (including phenoxy) is 1. The summed E-state index contributed by atoms with van der Waals surface area (Å²) in [5.41, 5.74) is 2.93. The van der Waals surface area contributed by atoms with Crippen molar-refractivity contribution in [1.29, 1.82) is 5.26 Å². The smallest absolute Gasteiger partial charge is 0.211 e. The van der Waals surface area contributed by atoms with E-state index >= 15 is 0 Å². The third-order valence-electron chi connectivity index (χ3n) is 6.30. The van der Waals surface area contributed by atoms with Gasteiger partial charge in [-0.25, -0.2) is 8.42 Å². The summed E-state index contributed by atoms with van der Waals surface area (Å²) in [5, 5.41) is 9.06. The van der Waals surface area contributed by atoms with E-state index in [1.165, 1.54) is 16.1 Å². The molecule has 1 atom stereocenters. The highest BCUT2D eigenvalue weighted by Gasteiger charge is 2.43. The van der Waals surface area contributed by atoms with Crippen LogP contribution in [0.15, 0.2) is 18.3 Å². The largest absolute Gasteiger partial charge is 0.485 e. The predicted molar refractivity (Wildman–Crippen MR) is 106 cm³/mol. The molecule has 7 nitrogen and oxygen atoms in total. The molecule has 1 fully saturated rings. The molecule has 8 heteroatoms. The van der Waals surface area contributed by atoms with E-state index in [2.05, 4.69) is 24.2 Å². The number of pyridine rings is 1. The molecule has 0 bridgehead atoms. The number of rotatable bonds is 3. The molecule has 4 heterocycles. The van der Waals surface area contributed by atoms with Gasteiger partial charge >= 0.3 is 0 Å². The Morgan fingerprint density at radius 1 is 1.32 bits per heavy atom. The number of aromatic nitrogens is 1. The summed E-state index contributed by atoms with van der Waals surface area (Å²) >= 11 is 0. The van der Waals surface area contributed by atoms with E-state index in [0.29, 0.717) is 25.4 Å². The Balaban J connectivity index is 1.48. The van der Waals surface area contributed by atoms with Crippen molar-refractivity contribution in [2.45, 2.75) is 38.2 Å². The Bertz CT molecular complexity index is 945. The molecule has 0 amide bonds. The first-order valence-corrected chi connectivity index (χ1v) is 11.6. The molecule has 3 aliphatic heterocycles. The average Bonchev–Trinajstić information content (AvgIpc) is 3.04. The van der Waals surface area contributed by atoms with Crippen molar-refractivity contribution >= 4 is 15.6 Å². The van der Waals surface area contributed by atoms with Crippen molar-refractivity contribution in [3.05, 3.63) is 29.6 Å². The molecule has 0 N–H and O–H groups in total. The maximum atomic E-state index is 11.7. The number of nitriles is 1. The Morgan fingerprint density at radius 3 is 2.68 bits per heavy atom. The highest BCUT2D eigenvalue weighted by atomic mass is 32.2. The summed E-state index contributed by atoms with van der Waals surface area (Å²) in [6.07, 6.45) is 10.7. The second-order valence-corrected chi connectivity index (χ2v) is 10.2. The van der Waals surface area contributed by atoms with Gasteiger partial charge in [0.1, 0.15) is 11.4 Å². The molecule has 0 aromatic carbocycles. The van der Waals surface area contributed by atoms with Crippen molar-refractivity contribution in [3.63, 3.8) is 0 Å². The van der Waals surface area contributed by atoms with E-state index in [-0.39, 0.29) is 5.60 Å². The summed E-state index contributed by atoms with van der Waals surface area (Å²) < 4.78 is 31.2. The van der Waals surface area contributed by atoms with Crippen LogP contribution in [0.2, 0.25) is 0 Å². The molecule has 0 spiro atoms. The average molecular weight is 403 g/mol. The lowest BCUT2D eigenvalue weighted by atomic mass is 9.79. The fourth-order valence-electron chi connectivity index (χ4n) is 4.56. The summed E-state index contributed by atoms with van der Waals surface area (Å²) in [4.78, 5) is 6.40. The molecular weight excluding hydrogens is 376 g/mol. The van der Waals surface area contributed by atoms with Crippen LogP contribution in [-0.4, -0.2) is 60.6 Å². The summed E-state index contributed by atoms with van der Waals surface area (Å²) in [7, 11) is -3.15. The maximum absolute atomic E-state index is 11.7. The van der Waals surface area contributed by atoms with Gasteiger partial charge in [-0.15, -0.1) is 0 Å². The van der Waals surface area contributed by atoms with Crippen LogP contribution in [0.1, 0.15) is 37.4 Å². The summed E-state index contributed by atoms with van der Waals surface area (Å²) in [6, 6.07) is 2.10. The lowest BCUT2D eigenvalue weighted by Crippen LogP contribution is -2.45. The molecule has 0 radical (unpaired) electrons. The van der Waals surface area contributed by atoms with Gasteiger partial charge < -0.3 is 9.64 Å². The number of fused-ring (bicyclic) bond motifs is 1. The van der Waals surface area contributed by atoms with Crippen LogP contribution < -0.4 is 4.74 Å². The first kappa shape index (κ1) is 19.2. The van der Waals surface area contributed by atoms with Gasteiger partial charge in [0.05, 0.1) is 18.1 Å². The molecule has 1 aromatic rings. The van der Waals surface area contributed by atoms with E-state index in [9.17, 15) is 8.42 Å². The molecule has 28 heavy (non-hydrogen) atoms. The number of hydrogen-bond acceptors (Lipinski definition) is 6. The lowest BCUT2D eigenvalue weighted by Gasteiger charge is -2.38. The second-order valence-electron chi connectivity index (χ2n) is 8.23. The topological polar surface area (TPSA) is 86.5 Å². The SMILES string of the molecule is CC1(C2CCN(C#N)CC2)Cc2cc(C3=CCN(S(C)(=O)=O)CC3)ncc2O1. The van der Waals surface area contributed by atoms with Crippen LogP contribution in [0.3, 0.4) is 0 Å². The van der Waals surface area contributed by atoms with Crippen LogP contribution >= 0.6 is 0 Å². The van der Waals surface area contributed by atoms with Gasteiger partial charge in [0.15, 0.2) is 6.19 Å². The minimum absolute atomic E-state index is 0.252. The third-order valence-corrected chi connectivity index (χ3v) is 7.57. The minimum Gasteiger partial charge on any atom is -0.485 e. The zero-order chi connectivity index (χ0) is 19.9. The van der Waals surface area contributed by atoms with Crippen LogP contribution in [0.25, 0.3) is 5.57 Å². The third kappa shape index (κ3) is 3.61. The normalized spacial score (nSPS) is 26.3. The lowest BCUT2D eigenvalue weighted by molar-refractivity contribution is 0.0194. The Hall–Kier alpha value is -2.11. The van der Waals surface area contributed by atoms with Gasteiger partial charge in [-0.2, -0.15) is 9.57 Å². The van der Waals surface area contributed by atoms with E-state index in [4.69, 9.17) is 10.00 Å². The fraction of sp³-hybridized carbons (Fsp3) is 0.600. The number of hydrogen-bond donors (Lipinski definition) is 0. The number of likely N-dealkylation sites (tertiary alicyclic amines) is 1. The Morgan fingerprint density at radius 2 is 2.07 bits per heavy atom. The highest BCUT2D eigenvalue weighted by molar-refractivity contribution is 7.88. The maximum Gasteiger partial charge on any atom is 0.211 e. The molecule has 4 rings (SSSR count). The number of sulfonamides is 1. The summed E-state index contributed by atoms with van der Waals surface area (Å²) in [5.74, 6) is 1.27. The van der Waals surface area contributed by atoms with Crippen molar-refractivity contribution in [3.8, 4) is 11.9 Å². The van der Waals surface area contributed by atoms with E-state index < -0.39 is 10.0 Å². The first-order valence-electron chi connectivity index (χ1n) is 9.76. The van der Waals surface area contributed by atoms with Crippen molar-refractivity contribution in [2.75, 3.05) is 32.4 Å². The van der Waals surface area contributed by atoms with Crippen molar-refractivity contribution in [2.24, 2.45) is 5.92 Å². The minimum atomic E-state index is -3.15. The van der Waals surface area contributed by atoms with Gasteiger partial charge in [0.25, 0.3) is 0 Å². The standard InChI is InChI=1S/C20H26N4O3S/c1-20(17-5-7-23(14-21)8-6-17)12-16-11-18(22-13-19(16)27-20)15-3-9-24(10-4-15)28(2,25)26/h3,11,13,17H,4-10,12H2,1-2H3. The van der Waals surface area contributed by atoms with Crippen LogP contribution in [0, 0.1) is 17.4 Å². The number of piperidine rings is 1. The molecule has 0 saturated carbocycles. The number of nitrogens with zero attached hydrogens (tertiary/aromatic N) is 4. The molecule has 1 unspecified atom stereocenters. The van der Waals surface area contributed by atoms with Crippen LogP contribution in [0.4, 0.5) is 0 Å². The molecule has 1 aromatic heterocycles. The van der Waals surface area contributed by atoms with Crippen molar-refractivity contribution < 1.29 is 13.2 Å². The highest BCUT2D eigenvalue weighted by Crippen LogP contribution is 2.43. The molecule has 1 saturated heterocycles. The van der Waals surface area contributed by atoms with E-state index in [1.54, 1.807) is 0 Å². The predicted octanol–water partition coefficient (Wildman–Crippen LogP) is 2.02. The van der Waals surface area contributed by atoms with Gasteiger partial charge in [0, 0.05) is 44.1 Å². The first-order chi connectivity index (χ1) is 13.3. The Kier molecular flexibility index (Phi) is 4.84. The van der Waals surface area contributed by atoms with Gasteiger partial charge in [-0.1, -0.05) is 6.08 Å². The van der Waals surface area contributed by atoms with Crippen LogP contribution in [-0.2, 0) is 16.4 Å². The fourth-order valence-corrected chi connectivity index (χ4v) is 5.33. The molecule has 150 valence electrons. The van der Waals surface area contributed by atoms with Gasteiger partial charge in [-0.3, -0.25) is 4.98 Å². The van der Waals surface area contributed by atoms with Gasteiger partial charge in [0.2, 0.25) is 10.0 Å². The molecule has 3 aliphatic rings. The van der Waals surface area contributed by atoms with Crippen molar-refractivity contribution in [1.82, 2.24) is 14.2 Å². The van der Waals surface area contributed by atoms with Crippen LogP contribution in [0.5, 0.6) is 5.75 Å². The molecular formula is C20H26N4O3S. The quantitative estimate of drug-likeness (QED) is 0.719. The van der Waals surface area contributed by atoms with E-state index in [1.807, 2.05) is 17.2 Å². The Labute approximate surface area is 166 Å². The van der Waals surface area contributed by atoms with Gasteiger partial charge in [-0.05, 0) is 37.8 Å². The monoisotopic (exact) mass is 402 g/mol. The molecule has 0 aliphatic carbocycles. The second kappa shape index (κ2) is 7.05. The zero-order valence-electron chi connectivity index (χ0n) is 16.4. The summed E-state index contributed by atoms with van der Waals surface area (Å²) in [6.45, 7) is 4.66. The zero-order valence-corrected chi connectivity index (χ0v) is 17.2. The van der Waals surface area contributed by atoms with E-state index in [0.717, 1.165) is 49.4 Å².